The van der Waals surface area contributed by atoms with Crippen molar-refractivity contribution in [1.29, 1.82) is 0 Å². The lowest BCUT2D eigenvalue weighted by Crippen LogP contribution is -2.14. The van der Waals surface area contributed by atoms with Crippen LogP contribution in [0.3, 0.4) is 0 Å². The van der Waals surface area contributed by atoms with E-state index >= 15 is 0 Å². The monoisotopic (exact) mass is 204 g/mol. The smallest absolute Gasteiger partial charge is 0.156 e. The molecule has 0 atom stereocenters. The summed E-state index contributed by atoms with van der Waals surface area (Å²) < 4.78 is 20.2. The van der Waals surface area contributed by atoms with E-state index in [0.29, 0.717) is 19.8 Å². The largest absolute Gasteiger partial charge is 0.499 e. The minimum absolute atomic E-state index is 0.122. The van der Waals surface area contributed by atoms with Crippen LogP contribution in [0.2, 0.25) is 0 Å². The van der Waals surface area contributed by atoms with Gasteiger partial charge in [-0.15, -0.1) is 0 Å². The third kappa shape index (κ3) is 8.04. The highest BCUT2D eigenvalue weighted by atomic mass is 16.7. The van der Waals surface area contributed by atoms with Crippen molar-refractivity contribution in [2.45, 2.75) is 19.1 Å². The molecule has 0 aliphatic carbocycles. The molecule has 4 heteroatoms. The van der Waals surface area contributed by atoms with E-state index in [1.54, 1.807) is 14.2 Å². The lowest BCUT2D eigenvalue weighted by molar-refractivity contribution is -0.109. The first-order valence-electron chi connectivity index (χ1n) is 4.71. The third-order valence-corrected chi connectivity index (χ3v) is 1.72. The molecule has 0 radical (unpaired) electrons. The second-order valence-corrected chi connectivity index (χ2v) is 2.69. The first kappa shape index (κ1) is 13.4. The third-order valence-electron chi connectivity index (χ3n) is 1.72. The Labute approximate surface area is 85.8 Å². The first-order valence-corrected chi connectivity index (χ1v) is 4.71. The summed E-state index contributed by atoms with van der Waals surface area (Å²) in [6.45, 7) is 5.28. The first-order chi connectivity index (χ1) is 6.85. The molecule has 0 spiro atoms. The number of hydrogen-bond donors (Lipinski definition) is 0. The summed E-state index contributed by atoms with van der Waals surface area (Å²) in [5.74, 6) is 0. The van der Waals surface area contributed by atoms with Crippen molar-refractivity contribution in [3.8, 4) is 0 Å². The molecule has 0 saturated heterocycles. The predicted octanol–water partition coefficient (Wildman–Crippen LogP) is 1.56. The molecule has 0 bridgehead atoms. The van der Waals surface area contributed by atoms with E-state index in [1.165, 1.54) is 6.26 Å². The number of hydrogen-bond acceptors (Lipinski definition) is 4. The average Bonchev–Trinajstić information content (AvgIpc) is 2.22. The second-order valence-electron chi connectivity index (χ2n) is 2.69. The van der Waals surface area contributed by atoms with Crippen LogP contribution in [0.4, 0.5) is 0 Å². The van der Waals surface area contributed by atoms with Crippen molar-refractivity contribution in [3.05, 3.63) is 12.8 Å². The molecule has 0 aliphatic rings. The molecule has 0 aromatic heterocycles. The fraction of sp³-hybridized carbons (Fsp3) is 0.800. The van der Waals surface area contributed by atoms with Crippen molar-refractivity contribution in [3.63, 3.8) is 0 Å². The van der Waals surface area contributed by atoms with Crippen molar-refractivity contribution >= 4 is 0 Å². The molecule has 0 N–H and O–H groups in total. The van der Waals surface area contributed by atoms with Gasteiger partial charge in [-0.05, 0) is 6.42 Å². The number of methoxy groups -OCH3 is 2. The SMILES string of the molecule is C=COCCOCCCC(OC)OC. The van der Waals surface area contributed by atoms with E-state index < -0.39 is 0 Å². The minimum Gasteiger partial charge on any atom is -0.499 e. The van der Waals surface area contributed by atoms with Crippen LogP contribution in [0.1, 0.15) is 12.8 Å². The zero-order chi connectivity index (χ0) is 10.6. The molecule has 0 saturated carbocycles. The summed E-state index contributed by atoms with van der Waals surface area (Å²) in [6.07, 6.45) is 3.05. The Kier molecular flexibility index (Phi) is 10.1. The van der Waals surface area contributed by atoms with Crippen LogP contribution in [0, 0.1) is 0 Å². The minimum atomic E-state index is -0.122. The number of rotatable bonds is 10. The maximum Gasteiger partial charge on any atom is 0.156 e. The summed E-state index contributed by atoms with van der Waals surface area (Å²) in [6, 6.07) is 0. The van der Waals surface area contributed by atoms with Gasteiger partial charge in [0.15, 0.2) is 6.29 Å². The van der Waals surface area contributed by atoms with Gasteiger partial charge in [0, 0.05) is 27.2 Å². The molecular weight excluding hydrogens is 184 g/mol. The molecule has 4 nitrogen and oxygen atoms in total. The summed E-state index contributed by atoms with van der Waals surface area (Å²) in [4.78, 5) is 0. The van der Waals surface area contributed by atoms with Crippen LogP contribution >= 0.6 is 0 Å². The van der Waals surface area contributed by atoms with Crippen molar-refractivity contribution in [2.75, 3.05) is 34.0 Å². The Hall–Kier alpha value is -0.580. The molecule has 0 fully saturated rings. The molecule has 0 aliphatic heterocycles. The zero-order valence-electron chi connectivity index (χ0n) is 9.03. The molecule has 0 aromatic rings. The Morgan fingerprint density at radius 3 is 2.43 bits per heavy atom. The Balaban J connectivity index is 3.08. The summed E-state index contributed by atoms with van der Waals surface area (Å²) in [5, 5.41) is 0. The molecule has 14 heavy (non-hydrogen) atoms. The highest BCUT2D eigenvalue weighted by Gasteiger charge is 2.03. The van der Waals surface area contributed by atoms with Gasteiger partial charge >= 0.3 is 0 Å². The fourth-order valence-electron chi connectivity index (χ4n) is 0.976. The van der Waals surface area contributed by atoms with E-state index in [2.05, 4.69) is 6.58 Å². The van der Waals surface area contributed by atoms with Crippen LogP contribution < -0.4 is 0 Å². The molecular formula is C10H20O4. The summed E-state index contributed by atoms with van der Waals surface area (Å²) in [7, 11) is 3.26. The van der Waals surface area contributed by atoms with Crippen LogP contribution in [0.25, 0.3) is 0 Å². The lowest BCUT2D eigenvalue weighted by atomic mass is 10.3. The highest BCUT2D eigenvalue weighted by molar-refractivity contribution is 4.48. The topological polar surface area (TPSA) is 36.9 Å². The van der Waals surface area contributed by atoms with Gasteiger partial charge in [-0.2, -0.15) is 0 Å². The van der Waals surface area contributed by atoms with Gasteiger partial charge in [-0.3, -0.25) is 0 Å². The van der Waals surface area contributed by atoms with Crippen molar-refractivity contribution in [2.24, 2.45) is 0 Å². The van der Waals surface area contributed by atoms with Gasteiger partial charge in [0.25, 0.3) is 0 Å². The summed E-state index contributed by atoms with van der Waals surface area (Å²) in [5.41, 5.74) is 0. The molecule has 84 valence electrons. The van der Waals surface area contributed by atoms with Crippen LogP contribution in [0.5, 0.6) is 0 Å². The van der Waals surface area contributed by atoms with E-state index in [4.69, 9.17) is 18.9 Å². The van der Waals surface area contributed by atoms with Gasteiger partial charge < -0.3 is 18.9 Å². The van der Waals surface area contributed by atoms with Crippen LogP contribution in [0.15, 0.2) is 12.8 Å². The predicted molar refractivity (Wildman–Crippen MR) is 54.0 cm³/mol. The van der Waals surface area contributed by atoms with Gasteiger partial charge in [-0.25, -0.2) is 0 Å². The van der Waals surface area contributed by atoms with E-state index in [1.807, 2.05) is 0 Å². The summed E-state index contributed by atoms with van der Waals surface area (Å²) >= 11 is 0. The van der Waals surface area contributed by atoms with Crippen molar-refractivity contribution < 1.29 is 18.9 Å². The lowest BCUT2D eigenvalue weighted by Gasteiger charge is -2.12. The average molecular weight is 204 g/mol. The Morgan fingerprint density at radius 1 is 1.14 bits per heavy atom. The maximum atomic E-state index is 5.29. The van der Waals surface area contributed by atoms with Crippen LogP contribution in [-0.4, -0.2) is 40.3 Å². The normalized spacial score (nSPS) is 10.5. The van der Waals surface area contributed by atoms with Crippen molar-refractivity contribution in [1.82, 2.24) is 0 Å². The van der Waals surface area contributed by atoms with E-state index in [0.717, 1.165) is 12.8 Å². The Morgan fingerprint density at radius 2 is 1.86 bits per heavy atom. The van der Waals surface area contributed by atoms with E-state index in [-0.39, 0.29) is 6.29 Å². The zero-order valence-corrected chi connectivity index (χ0v) is 9.03. The van der Waals surface area contributed by atoms with Gasteiger partial charge in [0.05, 0.1) is 12.9 Å². The van der Waals surface area contributed by atoms with Crippen LogP contribution in [-0.2, 0) is 18.9 Å². The maximum absolute atomic E-state index is 5.29. The molecule has 0 aromatic carbocycles. The molecule has 0 amide bonds. The molecule has 0 unspecified atom stereocenters. The highest BCUT2D eigenvalue weighted by Crippen LogP contribution is 2.01. The van der Waals surface area contributed by atoms with Gasteiger partial charge in [0.1, 0.15) is 6.61 Å². The number of ether oxygens (including phenoxy) is 4. The fourth-order valence-corrected chi connectivity index (χ4v) is 0.976. The van der Waals surface area contributed by atoms with Gasteiger partial charge in [0.2, 0.25) is 0 Å². The van der Waals surface area contributed by atoms with Gasteiger partial charge in [-0.1, -0.05) is 6.58 Å². The molecule has 0 heterocycles. The van der Waals surface area contributed by atoms with E-state index in [9.17, 15) is 0 Å². The quantitative estimate of drug-likeness (QED) is 0.307. The Bertz CT molecular complexity index is 123. The second kappa shape index (κ2) is 10.5. The standard InChI is InChI=1S/C10H20O4/c1-4-13-8-9-14-7-5-6-10(11-2)12-3/h4,10H,1,5-9H2,2-3H3. The molecule has 0 rings (SSSR count).